The van der Waals surface area contributed by atoms with Crippen molar-refractivity contribution >= 4 is 11.6 Å². The van der Waals surface area contributed by atoms with E-state index in [-0.39, 0.29) is 11.6 Å². The Balaban J connectivity index is 2.01. The Labute approximate surface area is 147 Å². The lowest BCUT2D eigenvalue weighted by Gasteiger charge is -2.14. The van der Waals surface area contributed by atoms with E-state index in [9.17, 15) is 8.78 Å². The molecule has 134 valence electrons. The molecule has 0 saturated carbocycles. The molecule has 0 bridgehead atoms. The normalized spacial score (nSPS) is 11.3. The third-order valence-corrected chi connectivity index (χ3v) is 3.63. The number of halogens is 2. The maximum atomic E-state index is 14.0. The standard InChI is InChI=1S/C19H24F2N4/c1-4-22-19(23-12-14-5-8-16(20)9-6-14)24-13-15-7-10-18(25(2)3)17(21)11-15/h5-11H,4,12-13H2,1-3H3,(H2,22,23,24). The minimum Gasteiger partial charge on any atom is -0.375 e. The molecule has 2 aromatic rings. The minimum atomic E-state index is -0.262. The first kappa shape index (κ1) is 18.7. The number of guanidine groups is 1. The number of nitrogens with zero attached hydrogens (tertiary/aromatic N) is 2. The fourth-order valence-corrected chi connectivity index (χ4v) is 2.31. The lowest BCUT2D eigenvalue weighted by Crippen LogP contribution is -2.36. The van der Waals surface area contributed by atoms with E-state index in [2.05, 4.69) is 15.6 Å². The van der Waals surface area contributed by atoms with Crippen LogP contribution in [0, 0.1) is 11.6 Å². The topological polar surface area (TPSA) is 39.7 Å². The highest BCUT2D eigenvalue weighted by Crippen LogP contribution is 2.18. The predicted octanol–water partition coefficient (Wildman–Crippen LogP) is 3.29. The highest BCUT2D eigenvalue weighted by atomic mass is 19.1. The van der Waals surface area contributed by atoms with Crippen LogP contribution in [0.5, 0.6) is 0 Å². The van der Waals surface area contributed by atoms with Crippen LogP contribution in [0.3, 0.4) is 0 Å². The van der Waals surface area contributed by atoms with Crippen molar-refractivity contribution in [2.75, 3.05) is 25.5 Å². The molecule has 4 nitrogen and oxygen atoms in total. The van der Waals surface area contributed by atoms with Gasteiger partial charge in [0.15, 0.2) is 5.96 Å². The van der Waals surface area contributed by atoms with Gasteiger partial charge in [0.2, 0.25) is 0 Å². The SMILES string of the molecule is CCNC(=NCc1ccc(N(C)C)c(F)c1)NCc1ccc(F)cc1. The number of benzene rings is 2. The van der Waals surface area contributed by atoms with E-state index in [1.807, 2.05) is 13.0 Å². The maximum Gasteiger partial charge on any atom is 0.191 e. The van der Waals surface area contributed by atoms with Crippen LogP contribution in [0.1, 0.15) is 18.1 Å². The van der Waals surface area contributed by atoms with Gasteiger partial charge in [0.05, 0.1) is 12.2 Å². The molecule has 0 heterocycles. The van der Waals surface area contributed by atoms with Crippen LogP contribution >= 0.6 is 0 Å². The largest absolute Gasteiger partial charge is 0.375 e. The molecule has 2 aromatic carbocycles. The van der Waals surface area contributed by atoms with Crippen molar-refractivity contribution in [3.05, 3.63) is 65.2 Å². The van der Waals surface area contributed by atoms with Gasteiger partial charge in [-0.05, 0) is 42.3 Å². The monoisotopic (exact) mass is 346 g/mol. The summed E-state index contributed by atoms with van der Waals surface area (Å²) in [5.74, 6) is 0.110. The zero-order valence-electron chi connectivity index (χ0n) is 14.8. The van der Waals surface area contributed by atoms with Gasteiger partial charge in [0.25, 0.3) is 0 Å². The van der Waals surface area contributed by atoms with Gasteiger partial charge < -0.3 is 15.5 Å². The first-order chi connectivity index (χ1) is 12.0. The second kappa shape index (κ2) is 9.01. The molecule has 0 amide bonds. The first-order valence-corrected chi connectivity index (χ1v) is 8.22. The van der Waals surface area contributed by atoms with E-state index in [4.69, 9.17) is 0 Å². The van der Waals surface area contributed by atoms with Crippen LogP contribution in [0.25, 0.3) is 0 Å². The van der Waals surface area contributed by atoms with E-state index in [1.54, 1.807) is 37.2 Å². The van der Waals surface area contributed by atoms with Crippen molar-refractivity contribution < 1.29 is 8.78 Å². The van der Waals surface area contributed by atoms with Gasteiger partial charge in [0, 0.05) is 27.2 Å². The number of nitrogens with one attached hydrogen (secondary N) is 2. The second-order valence-electron chi connectivity index (χ2n) is 5.86. The van der Waals surface area contributed by atoms with Gasteiger partial charge >= 0.3 is 0 Å². The highest BCUT2D eigenvalue weighted by Gasteiger charge is 2.05. The van der Waals surface area contributed by atoms with Crippen molar-refractivity contribution in [1.82, 2.24) is 10.6 Å². The molecule has 0 unspecified atom stereocenters. The number of hydrogen-bond acceptors (Lipinski definition) is 2. The summed E-state index contributed by atoms with van der Waals surface area (Å²) in [6.45, 7) is 3.58. The number of anilines is 1. The molecular weight excluding hydrogens is 322 g/mol. The van der Waals surface area contributed by atoms with Gasteiger partial charge in [-0.2, -0.15) is 0 Å². The number of hydrogen-bond donors (Lipinski definition) is 2. The third kappa shape index (κ3) is 5.74. The summed E-state index contributed by atoms with van der Waals surface area (Å²) in [6.07, 6.45) is 0. The van der Waals surface area contributed by atoms with Crippen LogP contribution in [0.2, 0.25) is 0 Å². The van der Waals surface area contributed by atoms with Crippen LogP contribution in [0.4, 0.5) is 14.5 Å². The molecule has 0 aromatic heterocycles. The van der Waals surface area contributed by atoms with Crippen molar-refractivity contribution in [1.29, 1.82) is 0 Å². The van der Waals surface area contributed by atoms with Gasteiger partial charge in [-0.1, -0.05) is 18.2 Å². The Bertz CT molecular complexity index is 712. The molecule has 0 aliphatic rings. The Morgan fingerprint density at radius 1 is 1.00 bits per heavy atom. The molecule has 2 rings (SSSR count). The maximum absolute atomic E-state index is 14.0. The van der Waals surface area contributed by atoms with Crippen LogP contribution in [-0.4, -0.2) is 26.6 Å². The fourth-order valence-electron chi connectivity index (χ4n) is 2.31. The molecule has 0 radical (unpaired) electrons. The quantitative estimate of drug-likeness (QED) is 0.623. The zero-order chi connectivity index (χ0) is 18.2. The van der Waals surface area contributed by atoms with E-state index in [1.165, 1.54) is 18.2 Å². The molecule has 0 aliphatic heterocycles. The molecule has 2 N–H and O–H groups in total. The summed E-state index contributed by atoms with van der Waals surface area (Å²) in [5, 5.41) is 6.33. The van der Waals surface area contributed by atoms with Crippen molar-refractivity contribution in [3.8, 4) is 0 Å². The lowest BCUT2D eigenvalue weighted by atomic mass is 10.2. The summed E-state index contributed by atoms with van der Waals surface area (Å²) in [7, 11) is 3.61. The van der Waals surface area contributed by atoms with Crippen LogP contribution in [-0.2, 0) is 13.1 Å². The molecule has 0 spiro atoms. The average Bonchev–Trinajstić information content (AvgIpc) is 2.58. The van der Waals surface area contributed by atoms with E-state index in [0.717, 1.165) is 11.1 Å². The summed E-state index contributed by atoms with van der Waals surface area (Å²) < 4.78 is 27.0. The van der Waals surface area contributed by atoms with E-state index >= 15 is 0 Å². The first-order valence-electron chi connectivity index (χ1n) is 8.22. The fraction of sp³-hybridized carbons (Fsp3) is 0.316. The van der Waals surface area contributed by atoms with Crippen LogP contribution < -0.4 is 15.5 Å². The molecular formula is C19H24F2N4. The summed E-state index contributed by atoms with van der Waals surface area (Å²) >= 11 is 0. The minimum absolute atomic E-state index is 0.257. The number of aliphatic imine (C=N–C) groups is 1. The Morgan fingerprint density at radius 2 is 1.68 bits per heavy atom. The van der Waals surface area contributed by atoms with Gasteiger partial charge in [-0.3, -0.25) is 0 Å². The van der Waals surface area contributed by atoms with Crippen molar-refractivity contribution in [2.24, 2.45) is 4.99 Å². The van der Waals surface area contributed by atoms with E-state index < -0.39 is 0 Å². The zero-order valence-corrected chi connectivity index (χ0v) is 14.8. The summed E-state index contributed by atoms with van der Waals surface area (Å²) in [4.78, 5) is 6.20. The van der Waals surface area contributed by atoms with Gasteiger partial charge in [-0.25, -0.2) is 13.8 Å². The van der Waals surface area contributed by atoms with Crippen molar-refractivity contribution in [3.63, 3.8) is 0 Å². The Hall–Kier alpha value is -2.63. The third-order valence-electron chi connectivity index (χ3n) is 3.63. The van der Waals surface area contributed by atoms with Gasteiger partial charge in [-0.15, -0.1) is 0 Å². The predicted molar refractivity (Wildman–Crippen MR) is 98.8 cm³/mol. The van der Waals surface area contributed by atoms with Gasteiger partial charge in [0.1, 0.15) is 11.6 Å². The molecule has 0 aliphatic carbocycles. The summed E-state index contributed by atoms with van der Waals surface area (Å²) in [6, 6.07) is 11.4. The molecule has 25 heavy (non-hydrogen) atoms. The molecule has 0 fully saturated rings. The van der Waals surface area contributed by atoms with Crippen molar-refractivity contribution in [2.45, 2.75) is 20.0 Å². The number of rotatable bonds is 6. The Morgan fingerprint density at radius 3 is 2.28 bits per heavy atom. The molecule has 0 saturated heterocycles. The lowest BCUT2D eigenvalue weighted by molar-refractivity contribution is 0.623. The Kier molecular flexibility index (Phi) is 6.74. The highest BCUT2D eigenvalue weighted by molar-refractivity contribution is 5.79. The molecule has 6 heteroatoms. The smallest absolute Gasteiger partial charge is 0.191 e. The second-order valence-corrected chi connectivity index (χ2v) is 5.86. The summed E-state index contributed by atoms with van der Waals surface area (Å²) in [5.41, 5.74) is 2.30. The average molecular weight is 346 g/mol. The molecule has 0 atom stereocenters. The van der Waals surface area contributed by atoms with Crippen LogP contribution in [0.15, 0.2) is 47.5 Å². The van der Waals surface area contributed by atoms with E-state index in [0.29, 0.717) is 31.3 Å².